The molecule has 0 aliphatic heterocycles. The topological polar surface area (TPSA) is 86.8 Å². The first-order valence-electron chi connectivity index (χ1n) is 12.2. The van der Waals surface area contributed by atoms with Crippen molar-refractivity contribution in [1.29, 1.82) is 0 Å². The lowest BCUT2D eigenvalue weighted by atomic mass is 10.0. The maximum Gasteiger partial charge on any atom is 0.243 e. The third kappa shape index (κ3) is 7.96. The zero-order valence-corrected chi connectivity index (χ0v) is 23.6. The van der Waals surface area contributed by atoms with Crippen molar-refractivity contribution in [3.8, 4) is 0 Å². The van der Waals surface area contributed by atoms with Gasteiger partial charge in [-0.2, -0.15) is 0 Å². The van der Waals surface area contributed by atoms with Gasteiger partial charge in [-0.25, -0.2) is 8.42 Å². The Kier molecular flexibility index (Phi) is 10.8. The van der Waals surface area contributed by atoms with E-state index >= 15 is 0 Å². The molecular formula is C27H38ClN3O4S. The number of hydrogen-bond acceptors (Lipinski definition) is 4. The van der Waals surface area contributed by atoms with Crippen LogP contribution >= 0.6 is 11.6 Å². The maximum absolute atomic E-state index is 13.5. The van der Waals surface area contributed by atoms with Crippen LogP contribution in [0.25, 0.3) is 0 Å². The lowest BCUT2D eigenvalue weighted by Gasteiger charge is -2.32. The summed E-state index contributed by atoms with van der Waals surface area (Å²) in [5, 5.41) is 3.40. The van der Waals surface area contributed by atoms with Gasteiger partial charge in [0, 0.05) is 30.6 Å². The van der Waals surface area contributed by atoms with Gasteiger partial charge >= 0.3 is 0 Å². The predicted octanol–water partition coefficient (Wildman–Crippen LogP) is 4.84. The fraction of sp³-hybridized carbons (Fsp3) is 0.481. The van der Waals surface area contributed by atoms with E-state index in [9.17, 15) is 18.0 Å². The van der Waals surface area contributed by atoms with Crippen molar-refractivity contribution >= 4 is 39.1 Å². The molecule has 0 bridgehead atoms. The van der Waals surface area contributed by atoms with Crippen molar-refractivity contribution < 1.29 is 18.0 Å². The van der Waals surface area contributed by atoms with Crippen LogP contribution in [0, 0.1) is 13.8 Å². The minimum Gasteiger partial charge on any atom is -0.352 e. The van der Waals surface area contributed by atoms with E-state index in [0.717, 1.165) is 17.4 Å². The minimum absolute atomic E-state index is 0.0498. The number of hydrogen-bond donors (Lipinski definition) is 1. The van der Waals surface area contributed by atoms with Gasteiger partial charge < -0.3 is 10.2 Å². The summed E-state index contributed by atoms with van der Waals surface area (Å²) in [4.78, 5) is 28.1. The Morgan fingerprint density at radius 1 is 1.06 bits per heavy atom. The molecule has 0 radical (unpaired) electrons. The largest absolute Gasteiger partial charge is 0.352 e. The summed E-state index contributed by atoms with van der Waals surface area (Å²) < 4.78 is 26.4. The molecule has 9 heteroatoms. The second kappa shape index (κ2) is 13.1. The number of amides is 2. The Balaban J connectivity index is 2.26. The van der Waals surface area contributed by atoms with E-state index < -0.39 is 16.1 Å². The summed E-state index contributed by atoms with van der Waals surface area (Å²) in [7, 11) is -3.59. The number of nitrogens with one attached hydrogen (secondary N) is 1. The maximum atomic E-state index is 13.5. The molecule has 2 amide bonds. The van der Waals surface area contributed by atoms with Gasteiger partial charge in [0.15, 0.2) is 0 Å². The van der Waals surface area contributed by atoms with Crippen LogP contribution in [0.1, 0.15) is 56.7 Å². The Morgan fingerprint density at radius 3 is 2.31 bits per heavy atom. The average molecular weight is 536 g/mol. The number of nitrogens with zero attached hydrogens (tertiary/aromatic N) is 2. The summed E-state index contributed by atoms with van der Waals surface area (Å²) in [5.74, 6) is -0.387. The fourth-order valence-corrected chi connectivity index (χ4v) is 5.31. The molecule has 1 N–H and O–H groups in total. The molecule has 2 rings (SSSR count). The predicted molar refractivity (Wildman–Crippen MR) is 147 cm³/mol. The number of rotatable bonds is 12. The summed E-state index contributed by atoms with van der Waals surface area (Å²) in [6, 6.07) is 12.2. The normalized spacial score (nSPS) is 12.3. The van der Waals surface area contributed by atoms with E-state index in [1.54, 1.807) is 30.0 Å². The highest BCUT2D eigenvalue weighted by Crippen LogP contribution is 2.28. The Morgan fingerprint density at radius 2 is 1.72 bits per heavy atom. The van der Waals surface area contributed by atoms with E-state index in [-0.39, 0.29) is 30.8 Å². The second-order valence-corrected chi connectivity index (χ2v) is 11.7. The zero-order valence-electron chi connectivity index (χ0n) is 22.0. The van der Waals surface area contributed by atoms with Crippen LogP contribution in [-0.4, -0.2) is 50.0 Å². The summed E-state index contributed by atoms with van der Waals surface area (Å²) >= 11 is 6.22. The number of aryl methyl sites for hydroxylation is 1. The van der Waals surface area contributed by atoms with E-state index in [0.29, 0.717) is 35.7 Å². The number of halogens is 1. The smallest absolute Gasteiger partial charge is 0.243 e. The van der Waals surface area contributed by atoms with Crippen molar-refractivity contribution in [3.63, 3.8) is 0 Å². The molecule has 0 unspecified atom stereocenters. The standard InChI is InChI=1S/C27H38ClN3O4S/c1-7-24(27(33)29-19(2)3)30(18-22-13-9-8-12-20(22)4)26(32)16-11-17-31(36(6,34)35)25-15-10-14-23(28)21(25)5/h8-10,12-15,19,24H,7,11,16-18H2,1-6H3,(H,29,33)/t24-/m1/s1. The highest BCUT2D eigenvalue weighted by Gasteiger charge is 2.29. The molecule has 198 valence electrons. The number of sulfonamides is 1. The van der Waals surface area contributed by atoms with E-state index in [4.69, 9.17) is 11.6 Å². The van der Waals surface area contributed by atoms with Crippen molar-refractivity contribution in [1.82, 2.24) is 10.2 Å². The van der Waals surface area contributed by atoms with Crippen LogP contribution < -0.4 is 9.62 Å². The molecule has 7 nitrogen and oxygen atoms in total. The summed E-state index contributed by atoms with van der Waals surface area (Å²) in [6.07, 6.45) is 2.00. The molecule has 0 fully saturated rings. The number of anilines is 1. The van der Waals surface area contributed by atoms with E-state index in [1.165, 1.54) is 4.31 Å². The first-order chi connectivity index (χ1) is 16.9. The van der Waals surface area contributed by atoms with Gasteiger partial charge in [-0.1, -0.05) is 48.9 Å². The lowest BCUT2D eigenvalue weighted by Crippen LogP contribution is -2.50. The van der Waals surface area contributed by atoms with E-state index in [1.807, 2.05) is 52.0 Å². The summed E-state index contributed by atoms with van der Waals surface area (Å²) in [6.45, 7) is 9.83. The molecule has 36 heavy (non-hydrogen) atoms. The molecule has 0 aliphatic rings. The monoisotopic (exact) mass is 535 g/mol. The van der Waals surface area contributed by atoms with Gasteiger partial charge in [0.1, 0.15) is 6.04 Å². The molecule has 0 saturated heterocycles. The van der Waals surface area contributed by atoms with Crippen LogP contribution in [0.4, 0.5) is 5.69 Å². The SMILES string of the molecule is CC[C@H](C(=O)NC(C)C)N(Cc1ccccc1C)C(=O)CCCN(c1cccc(Cl)c1C)S(C)(=O)=O. The van der Waals surface area contributed by atoms with Crippen LogP contribution in [0.5, 0.6) is 0 Å². The molecule has 2 aromatic rings. The number of carbonyl (C=O) groups is 2. The van der Waals surface area contributed by atoms with Gasteiger partial charge in [-0.05, 0) is 69.4 Å². The lowest BCUT2D eigenvalue weighted by molar-refractivity contribution is -0.141. The van der Waals surface area contributed by atoms with Crippen LogP contribution in [0.3, 0.4) is 0 Å². The molecule has 0 spiro atoms. The zero-order chi connectivity index (χ0) is 27.0. The molecule has 2 aromatic carbocycles. The van der Waals surface area contributed by atoms with Crippen molar-refractivity contribution in [3.05, 3.63) is 64.2 Å². The first-order valence-corrected chi connectivity index (χ1v) is 14.5. The third-order valence-electron chi connectivity index (χ3n) is 6.08. The molecule has 0 aromatic heterocycles. The van der Waals surface area contributed by atoms with Gasteiger partial charge in [0.05, 0.1) is 11.9 Å². The van der Waals surface area contributed by atoms with Gasteiger partial charge in [0.25, 0.3) is 0 Å². The van der Waals surface area contributed by atoms with Crippen LogP contribution in [-0.2, 0) is 26.2 Å². The van der Waals surface area contributed by atoms with Gasteiger partial charge in [0.2, 0.25) is 21.8 Å². The van der Waals surface area contributed by atoms with Crippen molar-refractivity contribution in [2.24, 2.45) is 0 Å². The molecule has 0 saturated carbocycles. The van der Waals surface area contributed by atoms with Crippen LogP contribution in [0.2, 0.25) is 5.02 Å². The second-order valence-electron chi connectivity index (χ2n) is 9.36. The van der Waals surface area contributed by atoms with Crippen molar-refractivity contribution in [2.45, 2.75) is 72.5 Å². The van der Waals surface area contributed by atoms with Gasteiger partial charge in [-0.15, -0.1) is 0 Å². The first kappa shape index (κ1) is 29.6. The Bertz CT molecular complexity index is 1170. The number of carbonyl (C=O) groups excluding carboxylic acids is 2. The highest BCUT2D eigenvalue weighted by molar-refractivity contribution is 7.92. The Labute approximate surface area is 220 Å². The molecule has 1 atom stereocenters. The third-order valence-corrected chi connectivity index (χ3v) is 7.67. The van der Waals surface area contributed by atoms with Crippen LogP contribution in [0.15, 0.2) is 42.5 Å². The van der Waals surface area contributed by atoms with E-state index in [2.05, 4.69) is 5.32 Å². The molecule has 0 heterocycles. The average Bonchev–Trinajstić information content (AvgIpc) is 2.78. The fourth-order valence-electron chi connectivity index (χ4n) is 4.12. The van der Waals surface area contributed by atoms with Crippen molar-refractivity contribution in [2.75, 3.05) is 17.1 Å². The number of benzene rings is 2. The minimum atomic E-state index is -3.59. The quantitative estimate of drug-likeness (QED) is 0.421. The Hall–Kier alpha value is -2.58. The molecular weight excluding hydrogens is 498 g/mol. The van der Waals surface area contributed by atoms with Gasteiger partial charge in [-0.3, -0.25) is 13.9 Å². The molecule has 0 aliphatic carbocycles. The highest BCUT2D eigenvalue weighted by atomic mass is 35.5. The summed E-state index contributed by atoms with van der Waals surface area (Å²) in [5.41, 5.74) is 3.16.